The van der Waals surface area contributed by atoms with E-state index in [-0.39, 0.29) is 6.61 Å². The van der Waals surface area contributed by atoms with Crippen LogP contribution < -0.4 is 4.74 Å². The van der Waals surface area contributed by atoms with Crippen molar-refractivity contribution >= 4 is 0 Å². The Morgan fingerprint density at radius 2 is 1.84 bits per heavy atom. The Balaban J connectivity index is 2.25. The van der Waals surface area contributed by atoms with Crippen LogP contribution in [0.2, 0.25) is 0 Å². The summed E-state index contributed by atoms with van der Waals surface area (Å²) < 4.78 is 15.7. The lowest BCUT2D eigenvalue weighted by Crippen LogP contribution is -2.32. The molecule has 5 heteroatoms. The van der Waals surface area contributed by atoms with Crippen LogP contribution in [0.4, 0.5) is 0 Å². The Morgan fingerprint density at radius 3 is 2.37 bits per heavy atom. The van der Waals surface area contributed by atoms with Crippen molar-refractivity contribution in [3.8, 4) is 5.75 Å². The van der Waals surface area contributed by atoms with Gasteiger partial charge in [-0.3, -0.25) is 0 Å². The second kappa shape index (κ2) is 8.87. The highest BCUT2D eigenvalue weighted by atomic mass is 16.5. The lowest BCUT2D eigenvalue weighted by atomic mass is 10.1. The van der Waals surface area contributed by atoms with E-state index in [9.17, 15) is 5.11 Å². The molecule has 2 N–H and O–H groups in total. The van der Waals surface area contributed by atoms with Crippen LogP contribution in [0.5, 0.6) is 5.75 Å². The molecule has 108 valence electrons. The van der Waals surface area contributed by atoms with E-state index in [1.807, 2.05) is 24.3 Å². The normalized spacial score (nSPS) is 14.1. The number of aliphatic hydroxyl groups is 2. The Morgan fingerprint density at radius 1 is 1.16 bits per heavy atom. The van der Waals surface area contributed by atoms with E-state index in [1.54, 1.807) is 7.11 Å². The number of rotatable bonds is 9. The van der Waals surface area contributed by atoms with Crippen LogP contribution in [0.15, 0.2) is 24.3 Å². The molecular formula is C14H22O5. The van der Waals surface area contributed by atoms with Crippen molar-refractivity contribution in [2.45, 2.75) is 25.2 Å². The van der Waals surface area contributed by atoms with Crippen LogP contribution in [0.1, 0.15) is 12.0 Å². The van der Waals surface area contributed by atoms with Crippen molar-refractivity contribution < 1.29 is 24.4 Å². The lowest BCUT2D eigenvalue weighted by Gasteiger charge is -2.19. The molecule has 0 radical (unpaired) electrons. The predicted molar refractivity (Wildman–Crippen MR) is 71.2 cm³/mol. The van der Waals surface area contributed by atoms with Gasteiger partial charge in [0.05, 0.1) is 26.4 Å². The Labute approximate surface area is 113 Å². The van der Waals surface area contributed by atoms with Gasteiger partial charge in [0, 0.05) is 13.7 Å². The molecule has 0 aromatic heterocycles. The third-order valence-corrected chi connectivity index (χ3v) is 2.89. The van der Waals surface area contributed by atoms with Crippen molar-refractivity contribution in [2.24, 2.45) is 0 Å². The number of aliphatic hydroxyl groups excluding tert-OH is 2. The third kappa shape index (κ3) is 5.57. The number of benzene rings is 1. The summed E-state index contributed by atoms with van der Waals surface area (Å²) in [5.41, 5.74) is 1.05. The van der Waals surface area contributed by atoms with E-state index >= 15 is 0 Å². The number of methoxy groups -OCH3 is 2. The van der Waals surface area contributed by atoms with Crippen LogP contribution in [-0.4, -0.2) is 49.9 Å². The van der Waals surface area contributed by atoms with E-state index in [0.29, 0.717) is 19.6 Å². The summed E-state index contributed by atoms with van der Waals surface area (Å²) in [6.07, 6.45) is -0.732. The summed E-state index contributed by atoms with van der Waals surface area (Å²) in [7, 11) is 3.13. The molecule has 0 aliphatic carbocycles. The first kappa shape index (κ1) is 15.9. The number of ether oxygens (including phenoxy) is 3. The summed E-state index contributed by atoms with van der Waals surface area (Å²) in [5, 5.41) is 18.3. The van der Waals surface area contributed by atoms with Crippen molar-refractivity contribution in [1.29, 1.82) is 0 Å². The molecule has 2 atom stereocenters. The summed E-state index contributed by atoms with van der Waals surface area (Å²) >= 11 is 0. The first-order valence-corrected chi connectivity index (χ1v) is 6.23. The lowest BCUT2D eigenvalue weighted by molar-refractivity contribution is -0.0529. The monoisotopic (exact) mass is 270 g/mol. The average molecular weight is 270 g/mol. The van der Waals surface area contributed by atoms with E-state index < -0.39 is 12.2 Å². The highest BCUT2D eigenvalue weighted by Crippen LogP contribution is 2.12. The van der Waals surface area contributed by atoms with Gasteiger partial charge in [0.2, 0.25) is 0 Å². The molecule has 0 unspecified atom stereocenters. The molecule has 0 saturated carbocycles. The van der Waals surface area contributed by atoms with E-state index in [1.165, 1.54) is 7.11 Å². The molecular weight excluding hydrogens is 248 g/mol. The largest absolute Gasteiger partial charge is 0.497 e. The van der Waals surface area contributed by atoms with Crippen molar-refractivity contribution in [3.05, 3.63) is 29.8 Å². The van der Waals surface area contributed by atoms with Gasteiger partial charge in [-0.15, -0.1) is 0 Å². The molecule has 0 fully saturated rings. The third-order valence-electron chi connectivity index (χ3n) is 2.89. The second-order valence-electron chi connectivity index (χ2n) is 4.21. The summed E-state index contributed by atoms with van der Waals surface area (Å²) in [6, 6.07) is 7.64. The fourth-order valence-electron chi connectivity index (χ4n) is 1.70. The van der Waals surface area contributed by atoms with Gasteiger partial charge in [0.15, 0.2) is 0 Å². The Bertz CT molecular complexity index is 338. The van der Waals surface area contributed by atoms with Gasteiger partial charge in [0.1, 0.15) is 11.9 Å². The zero-order valence-electron chi connectivity index (χ0n) is 11.4. The molecule has 0 amide bonds. The minimum Gasteiger partial charge on any atom is -0.497 e. The highest BCUT2D eigenvalue weighted by Gasteiger charge is 2.17. The first-order valence-electron chi connectivity index (χ1n) is 6.23. The quantitative estimate of drug-likeness (QED) is 0.654. The van der Waals surface area contributed by atoms with Crippen molar-refractivity contribution in [2.75, 3.05) is 27.4 Å². The number of hydrogen-bond acceptors (Lipinski definition) is 5. The van der Waals surface area contributed by atoms with Crippen LogP contribution in [0.3, 0.4) is 0 Å². The van der Waals surface area contributed by atoms with Crippen LogP contribution in [-0.2, 0) is 16.1 Å². The van der Waals surface area contributed by atoms with Crippen LogP contribution >= 0.6 is 0 Å². The van der Waals surface area contributed by atoms with E-state index in [2.05, 4.69) is 0 Å². The Kier molecular flexibility index (Phi) is 7.43. The van der Waals surface area contributed by atoms with Crippen molar-refractivity contribution in [3.63, 3.8) is 0 Å². The van der Waals surface area contributed by atoms with Gasteiger partial charge in [-0.2, -0.15) is 0 Å². The maximum atomic E-state index is 9.45. The van der Waals surface area contributed by atoms with E-state index in [4.69, 9.17) is 19.3 Å². The molecule has 1 aromatic rings. The minimum absolute atomic E-state index is 0.309. The van der Waals surface area contributed by atoms with Gasteiger partial charge >= 0.3 is 0 Å². The molecule has 1 aromatic carbocycles. The molecule has 19 heavy (non-hydrogen) atoms. The SMILES string of the molecule is COc1ccc(COCC[C@@H](OC)[C@H](O)CO)cc1. The molecule has 0 aliphatic heterocycles. The summed E-state index contributed by atoms with van der Waals surface area (Å²) in [5.74, 6) is 0.814. The van der Waals surface area contributed by atoms with Gasteiger partial charge in [-0.1, -0.05) is 12.1 Å². The van der Waals surface area contributed by atoms with Crippen LogP contribution in [0, 0.1) is 0 Å². The minimum atomic E-state index is -0.866. The number of hydrogen-bond donors (Lipinski definition) is 2. The zero-order chi connectivity index (χ0) is 14.1. The zero-order valence-corrected chi connectivity index (χ0v) is 11.4. The van der Waals surface area contributed by atoms with Gasteiger partial charge < -0.3 is 24.4 Å². The van der Waals surface area contributed by atoms with E-state index in [0.717, 1.165) is 11.3 Å². The smallest absolute Gasteiger partial charge is 0.118 e. The van der Waals surface area contributed by atoms with Crippen molar-refractivity contribution in [1.82, 2.24) is 0 Å². The standard InChI is InChI=1S/C14H22O5/c1-17-12-5-3-11(4-6-12)10-19-8-7-14(18-2)13(16)9-15/h3-6,13-16H,7-10H2,1-2H3/t13-,14-/m1/s1. The summed E-state index contributed by atoms with van der Waals surface area (Å²) in [4.78, 5) is 0. The van der Waals surface area contributed by atoms with Gasteiger partial charge in [-0.25, -0.2) is 0 Å². The molecule has 0 spiro atoms. The van der Waals surface area contributed by atoms with Gasteiger partial charge in [-0.05, 0) is 24.1 Å². The fourth-order valence-corrected chi connectivity index (χ4v) is 1.70. The average Bonchev–Trinajstić information content (AvgIpc) is 2.47. The maximum Gasteiger partial charge on any atom is 0.118 e. The molecule has 0 heterocycles. The molecule has 0 aliphatic rings. The topological polar surface area (TPSA) is 68.2 Å². The molecule has 0 saturated heterocycles. The highest BCUT2D eigenvalue weighted by molar-refractivity contribution is 5.26. The Hall–Kier alpha value is -1.14. The summed E-state index contributed by atoms with van der Waals surface area (Å²) in [6.45, 7) is 0.647. The molecule has 1 rings (SSSR count). The van der Waals surface area contributed by atoms with Crippen LogP contribution in [0.25, 0.3) is 0 Å². The van der Waals surface area contributed by atoms with Gasteiger partial charge in [0.25, 0.3) is 0 Å². The second-order valence-corrected chi connectivity index (χ2v) is 4.21. The first-order chi connectivity index (χ1) is 9.21. The molecule has 0 bridgehead atoms. The maximum absolute atomic E-state index is 9.45. The molecule has 5 nitrogen and oxygen atoms in total. The fraction of sp³-hybridized carbons (Fsp3) is 0.571. The predicted octanol–water partition coefficient (Wildman–Crippen LogP) is 0.970.